The quantitative estimate of drug-likeness (QED) is 0.401. The van der Waals surface area contributed by atoms with Crippen LogP contribution in [0.25, 0.3) is 0 Å². The standard InChI is InChI=1S/C19H18Cl2N6O3/c1-29-14-8-15(30-2)13(7-12(14)21)25-17-16(22)18(24-9-23-17)26-27-19(28)10-3-5-11(20)6-4-10/h3-9H,22H2,1-2H3,(H,27,28)(H2,23,24,25,26). The van der Waals surface area contributed by atoms with Gasteiger partial charge in [0, 0.05) is 16.7 Å². The van der Waals surface area contributed by atoms with Crippen LogP contribution in [0.5, 0.6) is 11.5 Å². The molecule has 0 atom stereocenters. The molecule has 0 fully saturated rings. The first-order valence-electron chi connectivity index (χ1n) is 8.54. The summed E-state index contributed by atoms with van der Waals surface area (Å²) < 4.78 is 10.5. The number of hydrogen-bond acceptors (Lipinski definition) is 8. The first-order chi connectivity index (χ1) is 14.4. The van der Waals surface area contributed by atoms with Crippen LogP contribution in [0.4, 0.5) is 23.0 Å². The van der Waals surface area contributed by atoms with Gasteiger partial charge in [0.1, 0.15) is 23.5 Å². The van der Waals surface area contributed by atoms with Crippen LogP contribution in [0.2, 0.25) is 10.0 Å². The number of rotatable bonds is 7. The Balaban J connectivity index is 1.77. The van der Waals surface area contributed by atoms with Gasteiger partial charge in [0.05, 0.1) is 24.9 Å². The van der Waals surface area contributed by atoms with Crippen LogP contribution in [-0.4, -0.2) is 30.1 Å². The Morgan fingerprint density at radius 1 is 1.00 bits per heavy atom. The highest BCUT2D eigenvalue weighted by Crippen LogP contribution is 2.38. The number of halogens is 2. The minimum absolute atomic E-state index is 0.169. The van der Waals surface area contributed by atoms with Crippen molar-refractivity contribution < 1.29 is 14.3 Å². The molecule has 0 unspecified atom stereocenters. The van der Waals surface area contributed by atoms with Gasteiger partial charge in [0.2, 0.25) is 0 Å². The topological polar surface area (TPSA) is 123 Å². The summed E-state index contributed by atoms with van der Waals surface area (Å²) in [5, 5.41) is 3.95. The second-order valence-electron chi connectivity index (χ2n) is 5.88. The number of aromatic nitrogens is 2. The zero-order valence-electron chi connectivity index (χ0n) is 16.0. The van der Waals surface area contributed by atoms with Crippen LogP contribution in [0, 0.1) is 0 Å². The maximum Gasteiger partial charge on any atom is 0.269 e. The van der Waals surface area contributed by atoms with E-state index >= 15 is 0 Å². The third-order valence-corrected chi connectivity index (χ3v) is 4.56. The van der Waals surface area contributed by atoms with Crippen molar-refractivity contribution in [2.75, 3.05) is 30.7 Å². The van der Waals surface area contributed by atoms with Gasteiger partial charge in [-0.25, -0.2) is 9.97 Å². The number of anilines is 4. The molecule has 156 valence electrons. The number of amides is 1. The molecule has 0 aliphatic rings. The van der Waals surface area contributed by atoms with E-state index in [0.717, 1.165) is 0 Å². The molecule has 9 nitrogen and oxygen atoms in total. The van der Waals surface area contributed by atoms with Crippen LogP contribution in [0.15, 0.2) is 42.7 Å². The number of hydrogen-bond donors (Lipinski definition) is 4. The van der Waals surface area contributed by atoms with Crippen LogP contribution >= 0.6 is 23.2 Å². The van der Waals surface area contributed by atoms with Crippen LogP contribution in [0.3, 0.4) is 0 Å². The molecule has 0 saturated carbocycles. The number of benzene rings is 2. The molecule has 5 N–H and O–H groups in total. The molecule has 0 aliphatic carbocycles. The number of hydrazine groups is 1. The van der Waals surface area contributed by atoms with Crippen molar-refractivity contribution >= 4 is 52.1 Å². The molecule has 1 amide bonds. The van der Waals surface area contributed by atoms with Crippen LogP contribution in [-0.2, 0) is 0 Å². The van der Waals surface area contributed by atoms with Gasteiger partial charge in [-0.2, -0.15) is 0 Å². The van der Waals surface area contributed by atoms with E-state index in [4.69, 9.17) is 38.4 Å². The molecule has 1 aromatic heterocycles. The van der Waals surface area contributed by atoms with Gasteiger partial charge < -0.3 is 20.5 Å². The molecule has 0 aliphatic heterocycles. The number of nitrogens with zero attached hydrogens (tertiary/aromatic N) is 2. The van der Waals surface area contributed by atoms with Gasteiger partial charge in [0.15, 0.2) is 11.6 Å². The van der Waals surface area contributed by atoms with Crippen molar-refractivity contribution in [2.24, 2.45) is 0 Å². The molecular formula is C19H18Cl2N6O3. The zero-order chi connectivity index (χ0) is 21.7. The minimum Gasteiger partial charge on any atom is -0.495 e. The third-order valence-electron chi connectivity index (χ3n) is 4.01. The smallest absolute Gasteiger partial charge is 0.269 e. The maximum absolute atomic E-state index is 12.2. The molecule has 0 radical (unpaired) electrons. The highest BCUT2D eigenvalue weighted by atomic mass is 35.5. The molecule has 2 aromatic carbocycles. The third kappa shape index (κ3) is 4.76. The Hall–Kier alpha value is -3.43. The van der Waals surface area contributed by atoms with Gasteiger partial charge in [-0.1, -0.05) is 23.2 Å². The lowest BCUT2D eigenvalue weighted by atomic mass is 10.2. The largest absolute Gasteiger partial charge is 0.495 e. The van der Waals surface area contributed by atoms with Crippen molar-refractivity contribution in [3.63, 3.8) is 0 Å². The Bertz CT molecular complexity index is 1060. The van der Waals surface area contributed by atoms with Crippen molar-refractivity contribution in [1.82, 2.24) is 15.4 Å². The summed E-state index contributed by atoms with van der Waals surface area (Å²) in [6.45, 7) is 0. The lowest BCUT2D eigenvalue weighted by Crippen LogP contribution is -2.30. The Labute approximate surface area is 182 Å². The summed E-state index contributed by atoms with van der Waals surface area (Å²) >= 11 is 12.0. The molecule has 3 aromatic rings. The Morgan fingerprint density at radius 3 is 2.33 bits per heavy atom. The van der Waals surface area contributed by atoms with E-state index in [1.54, 1.807) is 36.4 Å². The number of nitrogen functional groups attached to an aromatic ring is 1. The summed E-state index contributed by atoms with van der Waals surface area (Å²) in [7, 11) is 3.02. The van der Waals surface area contributed by atoms with Crippen molar-refractivity contribution in [2.45, 2.75) is 0 Å². The van der Waals surface area contributed by atoms with E-state index in [0.29, 0.717) is 32.8 Å². The maximum atomic E-state index is 12.2. The normalized spacial score (nSPS) is 10.3. The number of methoxy groups -OCH3 is 2. The molecule has 3 rings (SSSR count). The number of carbonyl (C=O) groups is 1. The first kappa shape index (κ1) is 21.3. The van der Waals surface area contributed by atoms with E-state index in [1.807, 2.05) is 0 Å². The monoisotopic (exact) mass is 448 g/mol. The second-order valence-corrected chi connectivity index (χ2v) is 6.73. The Morgan fingerprint density at radius 2 is 1.67 bits per heavy atom. The highest BCUT2D eigenvalue weighted by molar-refractivity contribution is 6.32. The number of nitrogens with two attached hydrogens (primary N) is 1. The molecular weight excluding hydrogens is 431 g/mol. The van der Waals surface area contributed by atoms with E-state index in [2.05, 4.69) is 26.1 Å². The lowest BCUT2D eigenvalue weighted by Gasteiger charge is -2.16. The molecule has 0 spiro atoms. The number of nitrogens with one attached hydrogen (secondary N) is 3. The van der Waals surface area contributed by atoms with Crippen LogP contribution in [0.1, 0.15) is 10.4 Å². The molecule has 11 heteroatoms. The van der Waals surface area contributed by atoms with Gasteiger partial charge in [0.25, 0.3) is 5.91 Å². The van der Waals surface area contributed by atoms with Gasteiger partial charge in [-0.05, 0) is 30.3 Å². The predicted molar refractivity (Wildman–Crippen MR) is 117 cm³/mol. The lowest BCUT2D eigenvalue weighted by molar-refractivity contribution is 0.0962. The fraction of sp³-hybridized carbons (Fsp3) is 0.105. The summed E-state index contributed by atoms with van der Waals surface area (Å²) in [5.41, 5.74) is 12.4. The zero-order valence-corrected chi connectivity index (χ0v) is 17.5. The van der Waals surface area contributed by atoms with E-state index < -0.39 is 0 Å². The van der Waals surface area contributed by atoms with Gasteiger partial charge in [-0.3, -0.25) is 15.6 Å². The molecule has 0 saturated heterocycles. The number of carbonyl (C=O) groups excluding carboxylic acids is 1. The highest BCUT2D eigenvalue weighted by Gasteiger charge is 2.14. The molecule has 30 heavy (non-hydrogen) atoms. The summed E-state index contributed by atoms with van der Waals surface area (Å²) in [4.78, 5) is 20.4. The summed E-state index contributed by atoms with van der Waals surface area (Å²) in [6, 6.07) is 9.67. The summed E-state index contributed by atoms with van der Waals surface area (Å²) in [6.07, 6.45) is 1.28. The average Bonchev–Trinajstić information content (AvgIpc) is 2.75. The van der Waals surface area contributed by atoms with Gasteiger partial charge in [-0.15, -0.1) is 0 Å². The molecule has 1 heterocycles. The fourth-order valence-electron chi connectivity index (χ4n) is 2.47. The average molecular weight is 449 g/mol. The van der Waals surface area contributed by atoms with E-state index in [9.17, 15) is 4.79 Å². The van der Waals surface area contributed by atoms with E-state index in [1.165, 1.54) is 20.5 Å². The summed E-state index contributed by atoms with van der Waals surface area (Å²) in [5.74, 6) is 1.03. The van der Waals surface area contributed by atoms with Gasteiger partial charge >= 0.3 is 0 Å². The SMILES string of the molecule is COc1cc(OC)c(Nc2ncnc(NNC(=O)c3ccc(Cl)cc3)c2N)cc1Cl. The number of ether oxygens (including phenoxy) is 2. The second kappa shape index (κ2) is 9.38. The minimum atomic E-state index is -0.386. The predicted octanol–water partition coefficient (Wildman–Crippen LogP) is 3.88. The molecule has 0 bridgehead atoms. The first-order valence-corrected chi connectivity index (χ1v) is 9.29. The fourth-order valence-corrected chi connectivity index (χ4v) is 2.84. The van der Waals surface area contributed by atoms with Crippen molar-refractivity contribution in [1.29, 1.82) is 0 Å². The van der Waals surface area contributed by atoms with Crippen molar-refractivity contribution in [3.05, 3.63) is 58.3 Å². The van der Waals surface area contributed by atoms with E-state index in [-0.39, 0.29) is 23.2 Å². The Kier molecular flexibility index (Phi) is 6.65. The van der Waals surface area contributed by atoms with Crippen molar-refractivity contribution in [3.8, 4) is 11.5 Å². The van der Waals surface area contributed by atoms with Crippen LogP contribution < -0.4 is 31.4 Å².